The molecule has 35 heavy (non-hydrogen) atoms. The zero-order valence-electron chi connectivity index (χ0n) is 19.8. The van der Waals surface area contributed by atoms with E-state index < -0.39 is 28.2 Å². The van der Waals surface area contributed by atoms with Crippen LogP contribution in [-0.2, 0) is 11.3 Å². The van der Waals surface area contributed by atoms with Gasteiger partial charge in [-0.2, -0.15) is 0 Å². The van der Waals surface area contributed by atoms with Crippen LogP contribution in [0.2, 0.25) is 0 Å². The van der Waals surface area contributed by atoms with E-state index in [2.05, 4.69) is 4.57 Å². The molecule has 0 bridgehead atoms. The topological polar surface area (TPSA) is 88.7 Å². The summed E-state index contributed by atoms with van der Waals surface area (Å²) >= 11 is 0. The summed E-state index contributed by atoms with van der Waals surface area (Å²) < 4.78 is 15.8. The van der Waals surface area contributed by atoms with Crippen LogP contribution in [0.5, 0.6) is 0 Å². The van der Waals surface area contributed by atoms with Gasteiger partial charge in [-0.1, -0.05) is 6.07 Å². The number of nitro groups is 1. The monoisotopic (exact) mass is 478 g/mol. The molecule has 0 fully saturated rings. The molecule has 1 aliphatic rings. The third-order valence-electron chi connectivity index (χ3n) is 6.20. The van der Waals surface area contributed by atoms with E-state index in [1.54, 1.807) is 17.0 Å². The summed E-state index contributed by atoms with van der Waals surface area (Å²) in [5.41, 5.74) is 1.07. The van der Waals surface area contributed by atoms with Crippen LogP contribution >= 0.6 is 0 Å². The molecule has 1 atom stereocenters. The standard InChI is InChI=1S/C26H27FN4O4/c1-26(2,3)30(25(33)19-6-4-7-20(27)16-19)17-23(32)29-15-14-28-13-5-8-22(28)24(29)18-9-11-21(12-10-18)31(34)35/h4-13,16,24H,14-15,17H2,1-3H3/t24-/m1/s1. The zero-order valence-corrected chi connectivity index (χ0v) is 19.8. The van der Waals surface area contributed by atoms with Crippen molar-refractivity contribution in [2.45, 2.75) is 38.9 Å². The smallest absolute Gasteiger partial charge is 0.269 e. The Bertz CT molecular complexity index is 1260. The number of amides is 2. The fourth-order valence-electron chi connectivity index (χ4n) is 4.40. The van der Waals surface area contributed by atoms with Crippen LogP contribution in [0, 0.1) is 15.9 Å². The van der Waals surface area contributed by atoms with Crippen LogP contribution in [0.4, 0.5) is 10.1 Å². The number of hydrogen-bond donors (Lipinski definition) is 0. The first-order valence-corrected chi connectivity index (χ1v) is 11.3. The highest BCUT2D eigenvalue weighted by Gasteiger charge is 2.36. The number of benzene rings is 2. The molecule has 2 amide bonds. The van der Waals surface area contributed by atoms with E-state index >= 15 is 0 Å². The molecule has 2 heterocycles. The number of non-ortho nitro benzene ring substituents is 1. The van der Waals surface area contributed by atoms with E-state index in [0.29, 0.717) is 13.1 Å². The van der Waals surface area contributed by atoms with Gasteiger partial charge < -0.3 is 14.4 Å². The van der Waals surface area contributed by atoms with Crippen molar-refractivity contribution in [3.8, 4) is 0 Å². The minimum atomic E-state index is -0.697. The molecule has 182 valence electrons. The number of hydrogen-bond acceptors (Lipinski definition) is 4. The Morgan fingerprint density at radius 1 is 1.09 bits per heavy atom. The van der Waals surface area contributed by atoms with Crippen LogP contribution < -0.4 is 0 Å². The third-order valence-corrected chi connectivity index (χ3v) is 6.20. The summed E-state index contributed by atoms with van der Waals surface area (Å²) in [5, 5.41) is 11.1. The Balaban J connectivity index is 1.66. The fourth-order valence-corrected chi connectivity index (χ4v) is 4.40. The van der Waals surface area contributed by atoms with Gasteiger partial charge in [-0.15, -0.1) is 0 Å². The second kappa shape index (κ2) is 9.32. The molecule has 0 aliphatic carbocycles. The number of aromatic nitrogens is 1. The molecule has 0 spiro atoms. The molecule has 1 aliphatic heterocycles. The van der Waals surface area contributed by atoms with E-state index in [1.165, 1.54) is 41.3 Å². The van der Waals surface area contributed by atoms with Crippen LogP contribution in [0.3, 0.4) is 0 Å². The van der Waals surface area contributed by atoms with Crippen molar-refractivity contribution in [3.05, 3.63) is 99.6 Å². The van der Waals surface area contributed by atoms with Crippen LogP contribution in [0.25, 0.3) is 0 Å². The lowest BCUT2D eigenvalue weighted by Gasteiger charge is -2.41. The van der Waals surface area contributed by atoms with Crippen LogP contribution in [-0.4, -0.2) is 49.7 Å². The molecule has 9 heteroatoms. The Labute approximate surface area is 202 Å². The number of nitrogens with zero attached hydrogens (tertiary/aromatic N) is 4. The molecule has 0 saturated heterocycles. The average molecular weight is 479 g/mol. The predicted octanol–water partition coefficient (Wildman–Crippen LogP) is 4.41. The second-order valence-electron chi connectivity index (χ2n) is 9.54. The molecular weight excluding hydrogens is 451 g/mol. The maximum Gasteiger partial charge on any atom is 0.269 e. The normalized spacial score (nSPS) is 15.4. The highest BCUT2D eigenvalue weighted by molar-refractivity contribution is 5.97. The van der Waals surface area contributed by atoms with Crippen LogP contribution in [0.15, 0.2) is 66.9 Å². The maximum absolute atomic E-state index is 13.8. The molecule has 2 aromatic carbocycles. The molecule has 8 nitrogen and oxygen atoms in total. The number of carbonyl (C=O) groups excluding carboxylic acids is 2. The molecule has 0 unspecified atom stereocenters. The summed E-state index contributed by atoms with van der Waals surface area (Å²) in [6, 6.07) is 15.0. The Hall–Kier alpha value is -4.01. The molecule has 0 N–H and O–H groups in total. The van der Waals surface area contributed by atoms with E-state index in [4.69, 9.17) is 0 Å². The largest absolute Gasteiger partial charge is 0.348 e. The minimum Gasteiger partial charge on any atom is -0.348 e. The van der Waals surface area contributed by atoms with Gasteiger partial charge in [-0.05, 0) is 68.8 Å². The summed E-state index contributed by atoms with van der Waals surface area (Å²) in [6.07, 6.45) is 1.93. The molecule has 3 aromatic rings. The number of fused-ring (bicyclic) bond motifs is 1. The van der Waals surface area contributed by atoms with Crippen molar-refractivity contribution in [2.75, 3.05) is 13.1 Å². The fraction of sp³-hybridized carbons (Fsp3) is 0.308. The van der Waals surface area contributed by atoms with E-state index in [1.807, 2.05) is 39.1 Å². The van der Waals surface area contributed by atoms with Gasteiger partial charge in [0.1, 0.15) is 12.4 Å². The van der Waals surface area contributed by atoms with Gasteiger partial charge in [-0.25, -0.2) is 4.39 Å². The highest BCUT2D eigenvalue weighted by Crippen LogP contribution is 2.34. The summed E-state index contributed by atoms with van der Waals surface area (Å²) in [6.45, 7) is 6.29. The molecule has 0 radical (unpaired) electrons. The van der Waals surface area contributed by atoms with Crippen molar-refractivity contribution in [2.24, 2.45) is 0 Å². The maximum atomic E-state index is 13.8. The third kappa shape index (κ3) is 4.94. The SMILES string of the molecule is CC(C)(C)N(CC(=O)N1CCn2cccc2[C@H]1c1ccc([N+](=O)[O-])cc1)C(=O)c1cccc(F)c1. The molecule has 0 saturated carbocycles. The molecular formula is C26H27FN4O4. The van der Waals surface area contributed by atoms with E-state index in [-0.39, 0.29) is 23.7 Å². The van der Waals surface area contributed by atoms with Gasteiger partial charge >= 0.3 is 0 Å². The van der Waals surface area contributed by atoms with Gasteiger partial charge in [-0.3, -0.25) is 19.7 Å². The summed E-state index contributed by atoms with van der Waals surface area (Å²) in [5.74, 6) is -1.22. The Morgan fingerprint density at radius 2 is 1.80 bits per heavy atom. The van der Waals surface area contributed by atoms with E-state index in [9.17, 15) is 24.1 Å². The molecule has 1 aromatic heterocycles. The zero-order chi connectivity index (χ0) is 25.3. The lowest BCUT2D eigenvalue weighted by molar-refractivity contribution is -0.384. The lowest BCUT2D eigenvalue weighted by atomic mass is 9.98. The summed E-state index contributed by atoms with van der Waals surface area (Å²) in [7, 11) is 0. The lowest BCUT2D eigenvalue weighted by Crippen LogP contribution is -2.53. The predicted molar refractivity (Wildman–Crippen MR) is 128 cm³/mol. The number of carbonyl (C=O) groups is 2. The molecule has 4 rings (SSSR count). The first-order valence-electron chi connectivity index (χ1n) is 11.3. The van der Waals surface area contributed by atoms with Gasteiger partial charge in [0, 0.05) is 48.2 Å². The number of nitro benzene ring substituents is 1. The highest BCUT2D eigenvalue weighted by atomic mass is 19.1. The summed E-state index contributed by atoms with van der Waals surface area (Å²) in [4.78, 5) is 40.8. The van der Waals surface area contributed by atoms with Gasteiger partial charge in [0.25, 0.3) is 11.6 Å². The minimum absolute atomic E-state index is 0.0302. The Kier molecular flexibility index (Phi) is 6.43. The van der Waals surface area contributed by atoms with Gasteiger partial charge in [0.2, 0.25) is 5.91 Å². The van der Waals surface area contributed by atoms with Crippen molar-refractivity contribution in [3.63, 3.8) is 0 Å². The van der Waals surface area contributed by atoms with Crippen molar-refractivity contribution >= 4 is 17.5 Å². The van der Waals surface area contributed by atoms with Crippen molar-refractivity contribution in [1.29, 1.82) is 0 Å². The number of halogens is 1. The van der Waals surface area contributed by atoms with Crippen molar-refractivity contribution in [1.82, 2.24) is 14.4 Å². The van der Waals surface area contributed by atoms with Gasteiger partial charge in [0.05, 0.1) is 11.0 Å². The first kappa shape index (κ1) is 24.1. The van der Waals surface area contributed by atoms with Crippen molar-refractivity contribution < 1.29 is 18.9 Å². The first-order chi connectivity index (χ1) is 16.6. The van der Waals surface area contributed by atoms with E-state index in [0.717, 1.165) is 11.3 Å². The Morgan fingerprint density at radius 3 is 2.43 bits per heavy atom. The average Bonchev–Trinajstić information content (AvgIpc) is 3.29. The van der Waals surface area contributed by atoms with Gasteiger partial charge in [0.15, 0.2) is 0 Å². The quantitative estimate of drug-likeness (QED) is 0.401. The van der Waals surface area contributed by atoms with Crippen LogP contribution in [0.1, 0.15) is 48.4 Å². The second-order valence-corrected chi connectivity index (χ2v) is 9.54. The number of rotatable bonds is 5.